The normalized spacial score (nSPS) is 10.4. The molecule has 0 aliphatic heterocycles. The van der Waals surface area contributed by atoms with Crippen molar-refractivity contribution in [1.29, 1.82) is 0 Å². The number of nitrogens with two attached hydrogens (primary N) is 1. The lowest BCUT2D eigenvalue weighted by molar-refractivity contribution is 0.0752. The van der Waals surface area contributed by atoms with Crippen LogP contribution in [0.2, 0.25) is 0 Å². The summed E-state index contributed by atoms with van der Waals surface area (Å²) in [5.74, 6) is -0.522. The minimum Gasteiger partial charge on any atom is -0.399 e. The van der Waals surface area contributed by atoms with Crippen LogP contribution in [0.3, 0.4) is 0 Å². The monoisotopic (exact) mass is 350 g/mol. The van der Waals surface area contributed by atoms with Gasteiger partial charge < -0.3 is 10.6 Å². The molecule has 0 fully saturated rings. The molecule has 1 amide bonds. The largest absolute Gasteiger partial charge is 0.399 e. The van der Waals surface area contributed by atoms with Crippen molar-refractivity contribution in [3.05, 3.63) is 63.9 Å². The van der Waals surface area contributed by atoms with Crippen LogP contribution in [0.5, 0.6) is 0 Å². The second kappa shape index (κ2) is 6.72. The van der Waals surface area contributed by atoms with Crippen LogP contribution in [0.15, 0.2) is 46.9 Å². The molecular weight excluding hydrogens is 335 g/mol. The molecule has 3 nitrogen and oxygen atoms in total. The van der Waals surface area contributed by atoms with Gasteiger partial charge in [0.25, 0.3) is 5.91 Å². The van der Waals surface area contributed by atoms with Crippen LogP contribution in [0.1, 0.15) is 22.8 Å². The van der Waals surface area contributed by atoms with Crippen molar-refractivity contribution in [2.45, 2.75) is 13.5 Å². The standard InChI is InChI=1S/C16H16BrFN2O/c1-2-20(10-11-4-3-5-13(19)8-11)16(21)12-6-7-15(18)14(17)9-12/h3-9H,2,10,19H2,1H3. The predicted octanol–water partition coefficient (Wildman–Crippen LogP) is 3.83. The SMILES string of the molecule is CCN(Cc1cccc(N)c1)C(=O)c1ccc(F)c(Br)c1. The molecule has 0 atom stereocenters. The van der Waals surface area contributed by atoms with Gasteiger partial charge in [-0.25, -0.2) is 4.39 Å². The van der Waals surface area contributed by atoms with Crippen molar-refractivity contribution < 1.29 is 9.18 Å². The van der Waals surface area contributed by atoms with Crippen molar-refractivity contribution in [3.8, 4) is 0 Å². The summed E-state index contributed by atoms with van der Waals surface area (Å²) in [6, 6.07) is 11.7. The molecule has 0 unspecified atom stereocenters. The Labute approximate surface area is 131 Å². The van der Waals surface area contributed by atoms with Gasteiger partial charge in [-0.05, 0) is 58.7 Å². The molecule has 2 aromatic rings. The van der Waals surface area contributed by atoms with Gasteiger partial charge in [-0.1, -0.05) is 12.1 Å². The van der Waals surface area contributed by atoms with Crippen molar-refractivity contribution in [2.24, 2.45) is 0 Å². The molecule has 2 aromatic carbocycles. The van der Waals surface area contributed by atoms with E-state index in [1.54, 1.807) is 11.0 Å². The third-order valence-corrected chi connectivity index (χ3v) is 3.77. The second-order valence-electron chi connectivity index (χ2n) is 4.69. The van der Waals surface area contributed by atoms with Gasteiger partial charge in [0.05, 0.1) is 4.47 Å². The first-order chi connectivity index (χ1) is 10.0. The number of amides is 1. The smallest absolute Gasteiger partial charge is 0.254 e. The number of anilines is 1. The third-order valence-electron chi connectivity index (χ3n) is 3.16. The van der Waals surface area contributed by atoms with Gasteiger partial charge in [-0.15, -0.1) is 0 Å². The Morgan fingerprint density at radius 2 is 2.05 bits per heavy atom. The van der Waals surface area contributed by atoms with Crippen LogP contribution in [0, 0.1) is 5.82 Å². The molecule has 0 aromatic heterocycles. The third kappa shape index (κ3) is 3.82. The fourth-order valence-electron chi connectivity index (χ4n) is 2.05. The number of rotatable bonds is 4. The second-order valence-corrected chi connectivity index (χ2v) is 5.55. The summed E-state index contributed by atoms with van der Waals surface area (Å²) >= 11 is 3.10. The zero-order valence-electron chi connectivity index (χ0n) is 11.6. The molecular formula is C16H16BrFN2O. The summed E-state index contributed by atoms with van der Waals surface area (Å²) in [6.45, 7) is 2.93. The number of hydrogen-bond donors (Lipinski definition) is 1. The summed E-state index contributed by atoms with van der Waals surface area (Å²) in [4.78, 5) is 14.2. The van der Waals surface area contributed by atoms with Crippen LogP contribution < -0.4 is 5.73 Å². The number of halogens is 2. The fourth-order valence-corrected chi connectivity index (χ4v) is 2.43. The Balaban J connectivity index is 2.20. The van der Waals surface area contributed by atoms with Crippen molar-refractivity contribution >= 4 is 27.5 Å². The lowest BCUT2D eigenvalue weighted by Crippen LogP contribution is -2.30. The number of carbonyl (C=O) groups excluding carboxylic acids is 1. The first-order valence-electron chi connectivity index (χ1n) is 6.60. The zero-order chi connectivity index (χ0) is 15.4. The number of hydrogen-bond acceptors (Lipinski definition) is 2. The number of nitrogens with zero attached hydrogens (tertiary/aromatic N) is 1. The minimum absolute atomic E-state index is 0.138. The van der Waals surface area contributed by atoms with Crippen LogP contribution in [-0.2, 0) is 6.54 Å². The van der Waals surface area contributed by atoms with E-state index in [0.717, 1.165) is 5.56 Å². The van der Waals surface area contributed by atoms with Crippen molar-refractivity contribution in [1.82, 2.24) is 4.90 Å². The lowest BCUT2D eigenvalue weighted by Gasteiger charge is -2.21. The van der Waals surface area contributed by atoms with Gasteiger partial charge in [-0.2, -0.15) is 0 Å². The van der Waals surface area contributed by atoms with E-state index in [1.165, 1.54) is 18.2 Å². The van der Waals surface area contributed by atoms with E-state index in [2.05, 4.69) is 15.9 Å². The molecule has 0 aliphatic rings. The maximum Gasteiger partial charge on any atom is 0.254 e. The van der Waals surface area contributed by atoms with E-state index in [9.17, 15) is 9.18 Å². The van der Waals surface area contributed by atoms with Gasteiger partial charge in [0, 0.05) is 24.3 Å². The van der Waals surface area contributed by atoms with Crippen molar-refractivity contribution in [2.75, 3.05) is 12.3 Å². The topological polar surface area (TPSA) is 46.3 Å². The summed E-state index contributed by atoms with van der Waals surface area (Å²) in [6.07, 6.45) is 0. The summed E-state index contributed by atoms with van der Waals surface area (Å²) < 4.78 is 13.5. The highest BCUT2D eigenvalue weighted by Crippen LogP contribution is 2.19. The summed E-state index contributed by atoms with van der Waals surface area (Å²) in [5.41, 5.74) is 7.83. The minimum atomic E-state index is -0.384. The van der Waals surface area contributed by atoms with Gasteiger partial charge in [0.1, 0.15) is 5.82 Å². The Bertz CT molecular complexity index is 660. The average Bonchev–Trinajstić information content (AvgIpc) is 2.47. The van der Waals surface area contributed by atoms with Crippen LogP contribution in [0.4, 0.5) is 10.1 Å². The van der Waals surface area contributed by atoms with E-state index >= 15 is 0 Å². The van der Waals surface area contributed by atoms with E-state index in [-0.39, 0.29) is 16.2 Å². The Morgan fingerprint density at radius 3 is 2.67 bits per heavy atom. The summed E-state index contributed by atoms with van der Waals surface area (Å²) in [7, 11) is 0. The Hall–Kier alpha value is -1.88. The Morgan fingerprint density at radius 1 is 1.29 bits per heavy atom. The molecule has 0 radical (unpaired) electrons. The highest BCUT2D eigenvalue weighted by atomic mass is 79.9. The molecule has 0 spiro atoms. The van der Waals surface area contributed by atoms with E-state index in [4.69, 9.17) is 5.73 Å². The van der Waals surface area contributed by atoms with E-state index in [0.29, 0.717) is 24.3 Å². The molecule has 5 heteroatoms. The number of benzene rings is 2. The maximum absolute atomic E-state index is 13.3. The zero-order valence-corrected chi connectivity index (χ0v) is 13.2. The highest BCUT2D eigenvalue weighted by molar-refractivity contribution is 9.10. The molecule has 110 valence electrons. The van der Waals surface area contributed by atoms with Gasteiger partial charge in [0.15, 0.2) is 0 Å². The number of nitrogen functional groups attached to an aromatic ring is 1. The highest BCUT2D eigenvalue weighted by Gasteiger charge is 2.16. The molecule has 0 saturated heterocycles. The maximum atomic E-state index is 13.3. The molecule has 2 rings (SSSR count). The molecule has 0 heterocycles. The van der Waals surface area contributed by atoms with Gasteiger partial charge in [0.2, 0.25) is 0 Å². The van der Waals surface area contributed by atoms with Crippen LogP contribution in [0.25, 0.3) is 0 Å². The predicted molar refractivity (Wildman–Crippen MR) is 85.4 cm³/mol. The summed E-state index contributed by atoms with van der Waals surface area (Å²) in [5, 5.41) is 0. The first-order valence-corrected chi connectivity index (χ1v) is 7.39. The molecule has 0 saturated carbocycles. The average molecular weight is 351 g/mol. The Kier molecular flexibility index (Phi) is 4.96. The quantitative estimate of drug-likeness (QED) is 0.851. The van der Waals surface area contributed by atoms with Crippen LogP contribution >= 0.6 is 15.9 Å². The van der Waals surface area contributed by atoms with E-state index < -0.39 is 0 Å². The fraction of sp³-hybridized carbons (Fsp3) is 0.188. The van der Waals surface area contributed by atoms with Gasteiger partial charge >= 0.3 is 0 Å². The lowest BCUT2D eigenvalue weighted by atomic mass is 10.1. The molecule has 2 N–H and O–H groups in total. The molecule has 0 aliphatic carbocycles. The molecule has 0 bridgehead atoms. The van der Waals surface area contributed by atoms with Crippen LogP contribution in [-0.4, -0.2) is 17.4 Å². The van der Waals surface area contributed by atoms with E-state index in [1.807, 2.05) is 25.1 Å². The molecule has 21 heavy (non-hydrogen) atoms. The van der Waals surface area contributed by atoms with Crippen molar-refractivity contribution in [3.63, 3.8) is 0 Å². The number of carbonyl (C=O) groups is 1. The first kappa shape index (κ1) is 15.5. The van der Waals surface area contributed by atoms with Gasteiger partial charge in [-0.3, -0.25) is 4.79 Å².